The molecule has 1 aromatic carbocycles. The summed E-state index contributed by atoms with van der Waals surface area (Å²) < 4.78 is 26.5. The van der Waals surface area contributed by atoms with Crippen LogP contribution in [0.15, 0.2) is 29.2 Å². The van der Waals surface area contributed by atoms with Crippen molar-refractivity contribution in [1.82, 2.24) is 4.72 Å². The van der Waals surface area contributed by atoms with Gasteiger partial charge in [0.05, 0.1) is 4.90 Å². The molecule has 0 amide bonds. The molecule has 0 radical (unpaired) electrons. The highest BCUT2D eigenvalue weighted by atomic mass is 32.2. The monoisotopic (exact) mass is 288 g/mol. The van der Waals surface area contributed by atoms with Crippen molar-refractivity contribution < 1.29 is 8.42 Å². The Hall–Kier alpha value is -0.560. The smallest absolute Gasteiger partial charge is 0.240 e. The van der Waals surface area contributed by atoms with Gasteiger partial charge in [-0.15, -0.1) is 0 Å². The van der Waals surface area contributed by atoms with Crippen molar-refractivity contribution >= 4 is 21.8 Å². The zero-order valence-electron chi connectivity index (χ0n) is 10.7. The van der Waals surface area contributed by atoms with Crippen LogP contribution in [0.4, 0.5) is 0 Å². The maximum absolute atomic E-state index is 12.0. The number of sulfonamides is 1. The second kappa shape index (κ2) is 7.13. The molecule has 1 aromatic rings. The Labute approximate surface area is 113 Å². The van der Waals surface area contributed by atoms with Crippen molar-refractivity contribution in [1.29, 1.82) is 0 Å². The standard InChI is InChI=1S/C12H20N2O2S2/c1-10(17-2)7-8-14-18(15,16)12-5-3-11(9-13)4-6-12/h3-6,10,14H,7-9,13H2,1-2H3. The number of hydrogen-bond acceptors (Lipinski definition) is 4. The molecule has 6 heteroatoms. The molecule has 0 saturated heterocycles. The van der Waals surface area contributed by atoms with Gasteiger partial charge in [0.2, 0.25) is 10.0 Å². The van der Waals surface area contributed by atoms with E-state index in [0.29, 0.717) is 18.3 Å². The second-order valence-corrected chi connectivity index (χ2v) is 7.12. The van der Waals surface area contributed by atoms with Crippen LogP contribution >= 0.6 is 11.8 Å². The molecule has 0 spiro atoms. The second-order valence-electron chi connectivity index (χ2n) is 4.08. The predicted octanol–water partition coefficient (Wildman–Crippen LogP) is 1.57. The highest BCUT2D eigenvalue weighted by Crippen LogP contribution is 2.12. The van der Waals surface area contributed by atoms with E-state index in [4.69, 9.17) is 5.73 Å². The molecular weight excluding hydrogens is 268 g/mol. The first-order valence-corrected chi connectivity index (χ1v) is 8.58. The number of hydrogen-bond donors (Lipinski definition) is 2. The lowest BCUT2D eigenvalue weighted by atomic mass is 10.2. The molecular formula is C12H20N2O2S2. The van der Waals surface area contributed by atoms with E-state index in [1.165, 1.54) is 0 Å². The van der Waals surface area contributed by atoms with E-state index in [1.54, 1.807) is 36.0 Å². The summed E-state index contributed by atoms with van der Waals surface area (Å²) in [5, 5.41) is 0.451. The Morgan fingerprint density at radius 3 is 2.44 bits per heavy atom. The van der Waals surface area contributed by atoms with E-state index in [9.17, 15) is 8.42 Å². The van der Waals surface area contributed by atoms with Gasteiger partial charge in [0.25, 0.3) is 0 Å². The molecule has 0 heterocycles. The summed E-state index contributed by atoms with van der Waals surface area (Å²) in [6.45, 7) is 2.96. The fourth-order valence-electron chi connectivity index (χ4n) is 1.40. The number of rotatable bonds is 7. The average Bonchev–Trinajstić information content (AvgIpc) is 2.38. The Kier molecular flexibility index (Phi) is 6.14. The van der Waals surface area contributed by atoms with Crippen LogP contribution in [-0.2, 0) is 16.6 Å². The molecule has 18 heavy (non-hydrogen) atoms. The van der Waals surface area contributed by atoms with E-state index in [-0.39, 0.29) is 4.90 Å². The SMILES string of the molecule is CSC(C)CCNS(=O)(=O)c1ccc(CN)cc1. The van der Waals surface area contributed by atoms with Crippen LogP contribution in [0.2, 0.25) is 0 Å². The molecule has 0 aliphatic carbocycles. The molecule has 102 valence electrons. The number of thioether (sulfide) groups is 1. The number of nitrogens with one attached hydrogen (secondary N) is 1. The molecule has 0 aromatic heterocycles. The summed E-state index contributed by atoms with van der Waals surface area (Å²) in [6.07, 6.45) is 2.84. The van der Waals surface area contributed by atoms with E-state index >= 15 is 0 Å². The molecule has 3 N–H and O–H groups in total. The van der Waals surface area contributed by atoms with Gasteiger partial charge in [-0.2, -0.15) is 11.8 Å². The van der Waals surface area contributed by atoms with Gasteiger partial charge in [0, 0.05) is 18.3 Å². The molecule has 0 bridgehead atoms. The van der Waals surface area contributed by atoms with E-state index < -0.39 is 10.0 Å². The molecule has 0 aliphatic heterocycles. The van der Waals surface area contributed by atoms with Crippen LogP contribution in [0.25, 0.3) is 0 Å². The largest absolute Gasteiger partial charge is 0.326 e. The van der Waals surface area contributed by atoms with Crippen molar-refractivity contribution in [3.05, 3.63) is 29.8 Å². The van der Waals surface area contributed by atoms with E-state index in [1.807, 2.05) is 6.26 Å². The minimum absolute atomic E-state index is 0.288. The van der Waals surface area contributed by atoms with Crippen LogP contribution in [-0.4, -0.2) is 26.5 Å². The van der Waals surface area contributed by atoms with Crippen molar-refractivity contribution in [3.63, 3.8) is 0 Å². The fraction of sp³-hybridized carbons (Fsp3) is 0.500. The van der Waals surface area contributed by atoms with Gasteiger partial charge in [0.15, 0.2) is 0 Å². The maximum Gasteiger partial charge on any atom is 0.240 e. The van der Waals surface area contributed by atoms with Gasteiger partial charge >= 0.3 is 0 Å². The van der Waals surface area contributed by atoms with Crippen molar-refractivity contribution in [2.75, 3.05) is 12.8 Å². The Bertz CT molecular complexity index is 457. The first kappa shape index (κ1) is 15.5. The first-order valence-electron chi connectivity index (χ1n) is 5.81. The van der Waals surface area contributed by atoms with Crippen LogP contribution in [0, 0.1) is 0 Å². The van der Waals surface area contributed by atoms with Crippen molar-refractivity contribution in [2.24, 2.45) is 5.73 Å². The molecule has 1 unspecified atom stereocenters. The predicted molar refractivity (Wildman–Crippen MR) is 77.1 cm³/mol. The van der Waals surface area contributed by atoms with E-state index in [2.05, 4.69) is 11.6 Å². The zero-order valence-corrected chi connectivity index (χ0v) is 12.4. The summed E-state index contributed by atoms with van der Waals surface area (Å²) in [4.78, 5) is 0.288. The Morgan fingerprint density at radius 2 is 1.94 bits per heavy atom. The summed E-state index contributed by atoms with van der Waals surface area (Å²) >= 11 is 1.73. The van der Waals surface area contributed by atoms with Crippen LogP contribution in [0.3, 0.4) is 0 Å². The molecule has 0 aliphatic rings. The molecule has 0 fully saturated rings. The van der Waals surface area contributed by atoms with Gasteiger partial charge in [-0.1, -0.05) is 19.1 Å². The topological polar surface area (TPSA) is 72.2 Å². The fourth-order valence-corrected chi connectivity index (χ4v) is 2.80. The average molecular weight is 288 g/mol. The van der Waals surface area contributed by atoms with Crippen LogP contribution < -0.4 is 10.5 Å². The lowest BCUT2D eigenvalue weighted by molar-refractivity contribution is 0.579. The maximum atomic E-state index is 12.0. The first-order chi connectivity index (χ1) is 8.49. The number of benzene rings is 1. The third-order valence-corrected chi connectivity index (χ3v) is 5.23. The Morgan fingerprint density at radius 1 is 1.33 bits per heavy atom. The normalized spacial score (nSPS) is 13.5. The molecule has 1 rings (SSSR count). The highest BCUT2D eigenvalue weighted by Gasteiger charge is 2.13. The van der Waals surface area contributed by atoms with Crippen LogP contribution in [0.5, 0.6) is 0 Å². The number of nitrogens with two attached hydrogens (primary N) is 1. The van der Waals surface area contributed by atoms with Gasteiger partial charge in [-0.05, 0) is 30.4 Å². The lowest BCUT2D eigenvalue weighted by Gasteiger charge is -2.10. The third kappa shape index (κ3) is 4.61. The summed E-state index contributed by atoms with van der Waals surface area (Å²) in [5.74, 6) is 0. The summed E-state index contributed by atoms with van der Waals surface area (Å²) in [7, 11) is -3.39. The summed E-state index contributed by atoms with van der Waals surface area (Å²) in [5.41, 5.74) is 6.39. The lowest BCUT2D eigenvalue weighted by Crippen LogP contribution is -2.26. The van der Waals surface area contributed by atoms with Gasteiger partial charge in [0.1, 0.15) is 0 Å². The van der Waals surface area contributed by atoms with Gasteiger partial charge in [-0.25, -0.2) is 13.1 Å². The highest BCUT2D eigenvalue weighted by molar-refractivity contribution is 7.99. The quantitative estimate of drug-likeness (QED) is 0.799. The summed E-state index contributed by atoms with van der Waals surface area (Å²) in [6, 6.07) is 6.64. The molecule has 0 saturated carbocycles. The van der Waals surface area contributed by atoms with E-state index in [0.717, 1.165) is 12.0 Å². The van der Waals surface area contributed by atoms with Crippen molar-refractivity contribution in [3.8, 4) is 0 Å². The third-order valence-electron chi connectivity index (χ3n) is 2.71. The Balaban J connectivity index is 2.62. The van der Waals surface area contributed by atoms with Crippen molar-refractivity contribution in [2.45, 2.75) is 30.0 Å². The zero-order chi connectivity index (χ0) is 13.6. The molecule has 4 nitrogen and oxygen atoms in total. The minimum Gasteiger partial charge on any atom is -0.326 e. The molecule has 1 atom stereocenters. The van der Waals surface area contributed by atoms with Crippen LogP contribution in [0.1, 0.15) is 18.9 Å². The van der Waals surface area contributed by atoms with Gasteiger partial charge in [-0.3, -0.25) is 0 Å². The minimum atomic E-state index is -3.39. The van der Waals surface area contributed by atoms with Gasteiger partial charge < -0.3 is 5.73 Å².